The van der Waals surface area contributed by atoms with Crippen LogP contribution in [0, 0.1) is 0 Å². The van der Waals surface area contributed by atoms with Crippen molar-refractivity contribution in [2.75, 3.05) is 5.32 Å². The molecule has 0 aliphatic rings. The Bertz CT molecular complexity index is 349. The second-order valence-electron chi connectivity index (χ2n) is 3.47. The van der Waals surface area contributed by atoms with E-state index in [4.69, 9.17) is 5.11 Å². The Morgan fingerprint density at radius 2 is 1.93 bits per heavy atom. The quantitative estimate of drug-likeness (QED) is 0.704. The van der Waals surface area contributed by atoms with Gasteiger partial charge < -0.3 is 15.5 Å². The lowest BCUT2D eigenvalue weighted by atomic mass is 10.1. The molecule has 4 nitrogen and oxygen atoms in total. The topological polar surface area (TPSA) is 69.6 Å². The number of nitrogens with one attached hydrogen (secondary N) is 1. The molecule has 4 heteroatoms. The van der Waals surface area contributed by atoms with Crippen molar-refractivity contribution in [3.8, 4) is 0 Å². The summed E-state index contributed by atoms with van der Waals surface area (Å²) in [6, 6.07) is 6.44. The monoisotopic (exact) mass is 209 g/mol. The number of aliphatic hydroxyl groups excluding tert-OH is 1. The first-order valence-electron chi connectivity index (χ1n) is 4.78. The maximum atomic E-state index is 10.7. The maximum Gasteiger partial charge on any atom is 0.325 e. The summed E-state index contributed by atoms with van der Waals surface area (Å²) in [4.78, 5) is 10.7. The van der Waals surface area contributed by atoms with Gasteiger partial charge in [-0.3, -0.25) is 4.79 Å². The van der Waals surface area contributed by atoms with Gasteiger partial charge in [0.05, 0.1) is 6.10 Å². The molecular weight excluding hydrogens is 194 g/mol. The molecule has 0 fully saturated rings. The third-order valence-electron chi connectivity index (χ3n) is 2.15. The third kappa shape index (κ3) is 2.95. The van der Waals surface area contributed by atoms with E-state index in [0.29, 0.717) is 11.3 Å². The second-order valence-corrected chi connectivity index (χ2v) is 3.47. The van der Waals surface area contributed by atoms with Crippen LogP contribution in [-0.4, -0.2) is 22.2 Å². The molecule has 0 aliphatic carbocycles. The van der Waals surface area contributed by atoms with E-state index in [9.17, 15) is 9.90 Å². The molecule has 0 saturated carbocycles. The summed E-state index contributed by atoms with van der Waals surface area (Å²) in [5.74, 6) is -0.921. The molecule has 0 aromatic heterocycles. The van der Waals surface area contributed by atoms with Gasteiger partial charge in [-0.1, -0.05) is 18.2 Å². The van der Waals surface area contributed by atoms with Crippen molar-refractivity contribution in [2.24, 2.45) is 0 Å². The van der Waals surface area contributed by atoms with Crippen LogP contribution in [0.25, 0.3) is 0 Å². The molecule has 15 heavy (non-hydrogen) atoms. The molecule has 1 aromatic carbocycles. The average Bonchev–Trinajstić information content (AvgIpc) is 2.18. The SMILES string of the molecule is CC(Nc1ccccc1C(C)O)C(=O)O. The zero-order valence-corrected chi connectivity index (χ0v) is 8.77. The van der Waals surface area contributed by atoms with Crippen LogP contribution in [0.15, 0.2) is 24.3 Å². The van der Waals surface area contributed by atoms with Gasteiger partial charge >= 0.3 is 5.97 Å². The summed E-state index contributed by atoms with van der Waals surface area (Å²) >= 11 is 0. The van der Waals surface area contributed by atoms with E-state index in [0.717, 1.165) is 0 Å². The molecule has 0 spiro atoms. The molecule has 0 saturated heterocycles. The summed E-state index contributed by atoms with van der Waals surface area (Å²) in [5, 5.41) is 21.0. The highest BCUT2D eigenvalue weighted by Gasteiger charge is 2.13. The Balaban J connectivity index is 2.89. The molecule has 0 amide bonds. The number of aliphatic hydroxyl groups is 1. The number of aliphatic carboxylic acids is 1. The number of carboxylic acids is 1. The fourth-order valence-electron chi connectivity index (χ4n) is 1.29. The first-order valence-corrected chi connectivity index (χ1v) is 4.78. The van der Waals surface area contributed by atoms with Crippen molar-refractivity contribution in [1.82, 2.24) is 0 Å². The zero-order chi connectivity index (χ0) is 11.4. The van der Waals surface area contributed by atoms with Crippen molar-refractivity contribution in [1.29, 1.82) is 0 Å². The van der Waals surface area contributed by atoms with E-state index in [1.165, 1.54) is 0 Å². The van der Waals surface area contributed by atoms with Crippen molar-refractivity contribution in [3.63, 3.8) is 0 Å². The molecule has 2 atom stereocenters. The average molecular weight is 209 g/mol. The van der Waals surface area contributed by atoms with Crippen LogP contribution in [0.4, 0.5) is 5.69 Å². The van der Waals surface area contributed by atoms with Gasteiger partial charge in [0.25, 0.3) is 0 Å². The highest BCUT2D eigenvalue weighted by atomic mass is 16.4. The molecule has 2 unspecified atom stereocenters. The molecule has 1 aromatic rings. The van der Waals surface area contributed by atoms with Gasteiger partial charge in [-0.05, 0) is 19.9 Å². The first kappa shape index (κ1) is 11.5. The number of benzene rings is 1. The number of hydrogen-bond donors (Lipinski definition) is 3. The molecule has 1 rings (SSSR count). The number of anilines is 1. The molecule has 3 N–H and O–H groups in total. The van der Waals surface area contributed by atoms with Gasteiger partial charge in [-0.15, -0.1) is 0 Å². The van der Waals surface area contributed by atoms with E-state index in [-0.39, 0.29) is 0 Å². The van der Waals surface area contributed by atoms with E-state index in [1.54, 1.807) is 38.1 Å². The van der Waals surface area contributed by atoms with E-state index in [1.807, 2.05) is 0 Å². The van der Waals surface area contributed by atoms with Crippen molar-refractivity contribution >= 4 is 11.7 Å². The summed E-state index contributed by atoms with van der Waals surface area (Å²) in [6.45, 7) is 3.20. The van der Waals surface area contributed by atoms with Crippen LogP contribution in [-0.2, 0) is 4.79 Å². The normalized spacial score (nSPS) is 14.3. The van der Waals surface area contributed by atoms with E-state index < -0.39 is 18.1 Å². The van der Waals surface area contributed by atoms with E-state index >= 15 is 0 Å². The van der Waals surface area contributed by atoms with Crippen molar-refractivity contribution < 1.29 is 15.0 Å². The summed E-state index contributed by atoms with van der Waals surface area (Å²) in [5.41, 5.74) is 1.35. The van der Waals surface area contributed by atoms with Crippen LogP contribution < -0.4 is 5.32 Å². The van der Waals surface area contributed by atoms with Crippen molar-refractivity contribution in [2.45, 2.75) is 26.0 Å². The Labute approximate surface area is 88.6 Å². The second kappa shape index (κ2) is 4.79. The third-order valence-corrected chi connectivity index (χ3v) is 2.15. The number of carboxylic acid groups (broad SMARTS) is 1. The predicted octanol–water partition coefficient (Wildman–Crippen LogP) is 1.62. The van der Waals surface area contributed by atoms with Gasteiger partial charge in [-0.2, -0.15) is 0 Å². The zero-order valence-electron chi connectivity index (χ0n) is 8.77. The molecular formula is C11H15NO3. The minimum Gasteiger partial charge on any atom is -0.480 e. The van der Waals surface area contributed by atoms with Gasteiger partial charge in [-0.25, -0.2) is 0 Å². The number of rotatable bonds is 4. The minimum absolute atomic E-state index is 0.616. The lowest BCUT2D eigenvalue weighted by Crippen LogP contribution is -2.26. The highest BCUT2D eigenvalue weighted by Crippen LogP contribution is 2.22. The number of hydrogen-bond acceptors (Lipinski definition) is 3. The van der Waals surface area contributed by atoms with Crippen LogP contribution in [0.3, 0.4) is 0 Å². The highest BCUT2D eigenvalue weighted by molar-refractivity contribution is 5.77. The maximum absolute atomic E-state index is 10.7. The lowest BCUT2D eigenvalue weighted by molar-refractivity contribution is -0.137. The Morgan fingerprint density at radius 1 is 1.33 bits per heavy atom. The fourth-order valence-corrected chi connectivity index (χ4v) is 1.29. The van der Waals surface area contributed by atoms with Crippen molar-refractivity contribution in [3.05, 3.63) is 29.8 Å². The first-order chi connectivity index (χ1) is 7.02. The Hall–Kier alpha value is -1.55. The van der Waals surface area contributed by atoms with Crippen LogP contribution in [0.2, 0.25) is 0 Å². The summed E-state index contributed by atoms with van der Waals surface area (Å²) in [6.07, 6.45) is -0.616. The predicted molar refractivity (Wildman–Crippen MR) is 57.8 cm³/mol. The largest absolute Gasteiger partial charge is 0.480 e. The number of para-hydroxylation sites is 1. The molecule has 0 heterocycles. The van der Waals surface area contributed by atoms with Gasteiger partial charge in [0.2, 0.25) is 0 Å². The Kier molecular flexibility index (Phi) is 3.68. The summed E-state index contributed by atoms with van der Waals surface area (Å²) < 4.78 is 0. The molecule has 0 aliphatic heterocycles. The molecule has 0 bridgehead atoms. The summed E-state index contributed by atoms with van der Waals surface area (Å²) in [7, 11) is 0. The lowest BCUT2D eigenvalue weighted by Gasteiger charge is -2.16. The molecule has 82 valence electrons. The smallest absolute Gasteiger partial charge is 0.325 e. The van der Waals surface area contributed by atoms with Crippen LogP contribution >= 0.6 is 0 Å². The minimum atomic E-state index is -0.921. The van der Waals surface area contributed by atoms with E-state index in [2.05, 4.69) is 5.32 Å². The number of carbonyl (C=O) groups is 1. The molecule has 0 radical (unpaired) electrons. The van der Waals surface area contributed by atoms with Crippen LogP contribution in [0.1, 0.15) is 25.5 Å². The fraction of sp³-hybridized carbons (Fsp3) is 0.364. The standard InChI is InChI=1S/C11H15NO3/c1-7(11(14)15)12-10-6-4-3-5-9(10)8(2)13/h3-8,12-13H,1-2H3,(H,14,15). The van der Waals surface area contributed by atoms with Gasteiger partial charge in [0.1, 0.15) is 6.04 Å². The van der Waals surface area contributed by atoms with Crippen LogP contribution in [0.5, 0.6) is 0 Å². The Morgan fingerprint density at radius 3 is 2.47 bits per heavy atom. The van der Waals surface area contributed by atoms with Gasteiger partial charge in [0.15, 0.2) is 0 Å². The van der Waals surface area contributed by atoms with Gasteiger partial charge in [0, 0.05) is 11.3 Å².